The number of para-hydroxylation sites is 2. The molecule has 0 bridgehead atoms. The van der Waals surface area contributed by atoms with E-state index in [-0.39, 0.29) is 0 Å². The third kappa shape index (κ3) is 1.89. The largest absolute Gasteiger partial charge is 0.337 e. The van der Waals surface area contributed by atoms with Crippen LogP contribution in [0.15, 0.2) is 66.9 Å². The minimum Gasteiger partial charge on any atom is -0.337 e. The summed E-state index contributed by atoms with van der Waals surface area (Å²) in [5, 5.41) is 2.17. The van der Waals surface area contributed by atoms with Crippen LogP contribution < -0.4 is 0 Å². The molecule has 0 amide bonds. The lowest BCUT2D eigenvalue weighted by Gasteiger charge is -2.04. The molecule has 4 heteroatoms. The molecule has 3 heterocycles. The summed E-state index contributed by atoms with van der Waals surface area (Å²) in [7, 11) is 0. The minimum atomic E-state index is 0.779. The molecule has 0 aliphatic carbocycles. The molecule has 5 aromatic rings. The fourth-order valence-corrected chi connectivity index (χ4v) is 2.93. The lowest BCUT2D eigenvalue weighted by atomic mass is 10.1. The van der Waals surface area contributed by atoms with Crippen LogP contribution in [0.3, 0.4) is 0 Å². The van der Waals surface area contributed by atoms with Crippen molar-refractivity contribution in [2.45, 2.75) is 0 Å². The summed E-state index contributed by atoms with van der Waals surface area (Å²) in [4.78, 5) is 17.3. The minimum absolute atomic E-state index is 0.779. The van der Waals surface area contributed by atoms with Gasteiger partial charge in [0.2, 0.25) is 0 Å². The van der Waals surface area contributed by atoms with Crippen LogP contribution >= 0.6 is 0 Å². The van der Waals surface area contributed by atoms with Gasteiger partial charge in [-0.25, -0.2) is 9.97 Å². The van der Waals surface area contributed by atoms with Gasteiger partial charge >= 0.3 is 0 Å². The highest BCUT2D eigenvalue weighted by atomic mass is 14.9. The van der Waals surface area contributed by atoms with E-state index >= 15 is 0 Å². The SMILES string of the molecule is c1cnc2c(c1)ccc1ccc(-c3nc4ccccc4[nH]3)nc12. The standard InChI is InChI=1S/C19H12N4/c1-2-6-15-14(5-1)22-19(23-15)16-10-9-13-8-7-12-4-3-11-20-17(12)18(13)21-16/h1-11H,(H,22,23). The highest BCUT2D eigenvalue weighted by molar-refractivity contribution is 6.03. The number of imidazole rings is 1. The first-order chi connectivity index (χ1) is 11.4. The maximum atomic E-state index is 4.81. The number of nitrogens with one attached hydrogen (secondary N) is 1. The zero-order valence-electron chi connectivity index (χ0n) is 12.2. The molecule has 4 nitrogen and oxygen atoms in total. The number of fused-ring (bicyclic) bond motifs is 4. The first-order valence-electron chi connectivity index (χ1n) is 7.48. The van der Waals surface area contributed by atoms with Gasteiger partial charge in [-0.15, -0.1) is 0 Å². The van der Waals surface area contributed by atoms with Crippen molar-refractivity contribution in [1.82, 2.24) is 19.9 Å². The van der Waals surface area contributed by atoms with Gasteiger partial charge in [-0.3, -0.25) is 4.98 Å². The predicted molar refractivity (Wildman–Crippen MR) is 92.1 cm³/mol. The van der Waals surface area contributed by atoms with Gasteiger partial charge in [-0.1, -0.05) is 36.4 Å². The Hall–Kier alpha value is -3.27. The summed E-state index contributed by atoms with van der Waals surface area (Å²) >= 11 is 0. The van der Waals surface area contributed by atoms with Gasteiger partial charge in [0.1, 0.15) is 5.69 Å². The van der Waals surface area contributed by atoms with Gasteiger partial charge in [0.05, 0.1) is 22.1 Å². The van der Waals surface area contributed by atoms with Gasteiger partial charge in [-0.2, -0.15) is 0 Å². The van der Waals surface area contributed by atoms with Crippen molar-refractivity contribution in [3.63, 3.8) is 0 Å². The number of nitrogens with zero attached hydrogens (tertiary/aromatic N) is 3. The molecule has 5 rings (SSSR count). The molecule has 23 heavy (non-hydrogen) atoms. The van der Waals surface area contributed by atoms with Crippen molar-refractivity contribution < 1.29 is 0 Å². The van der Waals surface area contributed by atoms with Crippen molar-refractivity contribution in [2.24, 2.45) is 0 Å². The van der Waals surface area contributed by atoms with Gasteiger partial charge in [-0.05, 0) is 24.3 Å². The zero-order valence-corrected chi connectivity index (χ0v) is 12.2. The number of pyridine rings is 2. The first-order valence-corrected chi connectivity index (χ1v) is 7.48. The Labute approximate surface area is 131 Å². The van der Waals surface area contributed by atoms with Crippen molar-refractivity contribution in [1.29, 1.82) is 0 Å². The summed E-state index contributed by atoms with van der Waals surface area (Å²) in [6.07, 6.45) is 1.80. The van der Waals surface area contributed by atoms with Crippen LogP contribution in [0.4, 0.5) is 0 Å². The highest BCUT2D eigenvalue weighted by Crippen LogP contribution is 2.25. The van der Waals surface area contributed by atoms with Crippen molar-refractivity contribution in [3.05, 3.63) is 66.9 Å². The molecular weight excluding hydrogens is 284 g/mol. The van der Waals surface area contributed by atoms with Crippen LogP contribution in [-0.2, 0) is 0 Å². The second-order valence-corrected chi connectivity index (χ2v) is 5.51. The number of hydrogen-bond acceptors (Lipinski definition) is 3. The average Bonchev–Trinajstić information content (AvgIpc) is 3.05. The maximum absolute atomic E-state index is 4.81. The molecule has 0 fully saturated rings. The van der Waals surface area contributed by atoms with Gasteiger partial charge in [0.25, 0.3) is 0 Å². The Bertz CT molecular complexity index is 1140. The summed E-state index contributed by atoms with van der Waals surface area (Å²) in [6.45, 7) is 0. The normalized spacial score (nSPS) is 11.5. The van der Waals surface area contributed by atoms with E-state index in [0.29, 0.717) is 0 Å². The summed E-state index contributed by atoms with van der Waals surface area (Å²) in [5.74, 6) is 0.779. The molecular formula is C19H12N4. The van der Waals surface area contributed by atoms with Crippen LogP contribution in [0.25, 0.3) is 44.4 Å². The lowest BCUT2D eigenvalue weighted by Crippen LogP contribution is -1.89. The molecule has 108 valence electrons. The van der Waals surface area contributed by atoms with Gasteiger partial charge < -0.3 is 4.98 Å². The molecule has 0 saturated carbocycles. The molecule has 3 aromatic heterocycles. The third-order valence-electron chi connectivity index (χ3n) is 4.06. The number of benzene rings is 2. The topological polar surface area (TPSA) is 54.5 Å². The first kappa shape index (κ1) is 12.3. The highest BCUT2D eigenvalue weighted by Gasteiger charge is 2.09. The quantitative estimate of drug-likeness (QED) is 0.468. The summed E-state index contributed by atoms with van der Waals surface area (Å²) in [6, 6.07) is 20.2. The number of H-pyrrole nitrogens is 1. The Balaban J connectivity index is 1.80. The number of hydrogen-bond donors (Lipinski definition) is 1. The Morgan fingerprint density at radius 2 is 1.52 bits per heavy atom. The Morgan fingerprint density at radius 3 is 2.43 bits per heavy atom. The molecule has 0 saturated heterocycles. The fraction of sp³-hybridized carbons (Fsp3) is 0. The summed E-state index contributed by atoms with van der Waals surface area (Å²) in [5.41, 5.74) is 4.61. The van der Waals surface area contributed by atoms with E-state index < -0.39 is 0 Å². The van der Waals surface area contributed by atoms with E-state index in [1.807, 2.05) is 36.4 Å². The monoisotopic (exact) mass is 296 g/mol. The van der Waals surface area contributed by atoms with Crippen LogP contribution in [0.2, 0.25) is 0 Å². The lowest BCUT2D eigenvalue weighted by molar-refractivity contribution is 1.27. The predicted octanol–water partition coefficient (Wildman–Crippen LogP) is 4.33. The van der Waals surface area contributed by atoms with Crippen LogP contribution in [0, 0.1) is 0 Å². The fourth-order valence-electron chi connectivity index (χ4n) is 2.93. The van der Waals surface area contributed by atoms with E-state index in [1.165, 1.54) is 0 Å². The van der Waals surface area contributed by atoms with E-state index in [0.717, 1.165) is 44.4 Å². The van der Waals surface area contributed by atoms with Crippen LogP contribution in [0.1, 0.15) is 0 Å². The molecule has 0 aliphatic heterocycles. The number of rotatable bonds is 1. The number of aromatic nitrogens is 4. The molecule has 0 spiro atoms. The van der Waals surface area contributed by atoms with Crippen molar-refractivity contribution in [3.8, 4) is 11.5 Å². The average molecular weight is 296 g/mol. The smallest absolute Gasteiger partial charge is 0.157 e. The van der Waals surface area contributed by atoms with E-state index in [1.54, 1.807) is 6.20 Å². The van der Waals surface area contributed by atoms with Crippen molar-refractivity contribution in [2.75, 3.05) is 0 Å². The molecule has 1 N–H and O–H groups in total. The Morgan fingerprint density at radius 1 is 0.696 bits per heavy atom. The Kier molecular flexibility index (Phi) is 2.46. The van der Waals surface area contributed by atoms with Crippen molar-refractivity contribution >= 4 is 32.8 Å². The zero-order chi connectivity index (χ0) is 15.2. The third-order valence-corrected chi connectivity index (χ3v) is 4.06. The van der Waals surface area contributed by atoms with E-state index in [2.05, 4.69) is 39.2 Å². The summed E-state index contributed by atoms with van der Waals surface area (Å²) < 4.78 is 0. The van der Waals surface area contributed by atoms with E-state index in [4.69, 9.17) is 4.98 Å². The molecule has 0 aliphatic rings. The van der Waals surface area contributed by atoms with Gasteiger partial charge in [0, 0.05) is 17.0 Å². The maximum Gasteiger partial charge on any atom is 0.157 e. The molecule has 0 unspecified atom stereocenters. The second-order valence-electron chi connectivity index (χ2n) is 5.51. The van der Waals surface area contributed by atoms with E-state index in [9.17, 15) is 0 Å². The van der Waals surface area contributed by atoms with Gasteiger partial charge in [0.15, 0.2) is 5.82 Å². The second kappa shape index (κ2) is 4.61. The molecule has 0 atom stereocenters. The molecule has 2 aromatic carbocycles. The number of aromatic amines is 1. The van der Waals surface area contributed by atoms with Crippen LogP contribution in [-0.4, -0.2) is 19.9 Å². The van der Waals surface area contributed by atoms with Crippen LogP contribution in [0.5, 0.6) is 0 Å². The molecule has 0 radical (unpaired) electrons.